The summed E-state index contributed by atoms with van der Waals surface area (Å²) in [4.78, 5) is 0.729. The Morgan fingerprint density at radius 1 is 1.11 bits per heavy atom. The SMILES string of the molecule is S=C1NCC(c2ccc(Cl)cc2)Oc2ccccc21. The van der Waals surface area contributed by atoms with Crippen molar-refractivity contribution in [3.8, 4) is 5.75 Å². The highest BCUT2D eigenvalue weighted by molar-refractivity contribution is 7.80. The molecule has 0 amide bonds. The van der Waals surface area contributed by atoms with Gasteiger partial charge in [0.1, 0.15) is 16.8 Å². The second-order valence-corrected chi connectivity index (χ2v) is 5.21. The van der Waals surface area contributed by atoms with Crippen molar-refractivity contribution < 1.29 is 4.74 Å². The third kappa shape index (κ3) is 2.57. The fraction of sp³-hybridized carbons (Fsp3) is 0.133. The van der Waals surface area contributed by atoms with Gasteiger partial charge < -0.3 is 10.1 Å². The van der Waals surface area contributed by atoms with Gasteiger partial charge in [0, 0.05) is 5.02 Å². The van der Waals surface area contributed by atoms with Crippen LogP contribution in [0.4, 0.5) is 0 Å². The van der Waals surface area contributed by atoms with Gasteiger partial charge in [0.15, 0.2) is 0 Å². The summed E-state index contributed by atoms with van der Waals surface area (Å²) in [7, 11) is 0. The van der Waals surface area contributed by atoms with Crippen molar-refractivity contribution in [1.82, 2.24) is 5.32 Å². The van der Waals surface area contributed by atoms with E-state index in [-0.39, 0.29) is 6.10 Å². The van der Waals surface area contributed by atoms with Gasteiger partial charge in [-0.15, -0.1) is 0 Å². The van der Waals surface area contributed by atoms with Crippen LogP contribution in [0.15, 0.2) is 48.5 Å². The minimum absolute atomic E-state index is 0.0705. The summed E-state index contributed by atoms with van der Waals surface area (Å²) < 4.78 is 6.06. The van der Waals surface area contributed by atoms with Crippen LogP contribution in [0.5, 0.6) is 5.75 Å². The number of ether oxygens (including phenoxy) is 1. The number of fused-ring (bicyclic) bond motifs is 1. The topological polar surface area (TPSA) is 21.3 Å². The number of hydrogen-bond donors (Lipinski definition) is 1. The molecule has 0 aliphatic carbocycles. The lowest BCUT2D eigenvalue weighted by atomic mass is 10.1. The number of para-hydroxylation sites is 1. The highest BCUT2D eigenvalue weighted by Gasteiger charge is 2.21. The molecule has 0 bridgehead atoms. The Kier molecular flexibility index (Phi) is 3.40. The quantitative estimate of drug-likeness (QED) is 0.808. The molecule has 96 valence electrons. The molecule has 0 spiro atoms. The zero-order valence-corrected chi connectivity index (χ0v) is 11.7. The molecule has 0 radical (unpaired) electrons. The normalized spacial score (nSPS) is 17.9. The molecule has 1 aliphatic rings. The minimum Gasteiger partial charge on any atom is -0.483 e. The first kappa shape index (κ1) is 12.5. The van der Waals surface area contributed by atoms with E-state index in [2.05, 4.69) is 5.32 Å². The largest absolute Gasteiger partial charge is 0.483 e. The lowest BCUT2D eigenvalue weighted by molar-refractivity contribution is 0.212. The van der Waals surface area contributed by atoms with Crippen LogP contribution >= 0.6 is 23.8 Å². The fourth-order valence-electron chi connectivity index (χ4n) is 2.10. The molecular formula is C15H12ClNOS. The van der Waals surface area contributed by atoms with Crippen molar-refractivity contribution in [1.29, 1.82) is 0 Å². The van der Waals surface area contributed by atoms with Gasteiger partial charge in [0.25, 0.3) is 0 Å². The molecule has 4 heteroatoms. The van der Waals surface area contributed by atoms with Crippen molar-refractivity contribution in [3.05, 3.63) is 64.7 Å². The predicted octanol–water partition coefficient (Wildman–Crippen LogP) is 3.74. The van der Waals surface area contributed by atoms with Crippen LogP contribution in [-0.2, 0) is 0 Å². The molecule has 2 aromatic carbocycles. The van der Waals surface area contributed by atoms with Gasteiger partial charge in [-0.25, -0.2) is 0 Å². The number of halogens is 1. The number of benzene rings is 2. The summed E-state index contributed by atoms with van der Waals surface area (Å²) in [6.45, 7) is 0.648. The van der Waals surface area contributed by atoms with Crippen LogP contribution in [0.2, 0.25) is 5.02 Å². The Labute approximate surface area is 122 Å². The average molecular weight is 290 g/mol. The highest BCUT2D eigenvalue weighted by atomic mass is 35.5. The molecule has 1 aliphatic heterocycles. The number of rotatable bonds is 1. The van der Waals surface area contributed by atoms with Crippen LogP contribution in [-0.4, -0.2) is 11.5 Å². The lowest BCUT2D eigenvalue weighted by Gasteiger charge is -2.17. The Morgan fingerprint density at radius 3 is 2.63 bits per heavy atom. The summed E-state index contributed by atoms with van der Waals surface area (Å²) in [5.74, 6) is 0.817. The molecule has 0 saturated carbocycles. The van der Waals surface area contributed by atoms with Gasteiger partial charge in [0.05, 0.1) is 12.1 Å². The third-order valence-corrected chi connectivity index (χ3v) is 3.71. The van der Waals surface area contributed by atoms with Crippen molar-refractivity contribution in [2.75, 3.05) is 6.54 Å². The Balaban J connectivity index is 1.94. The van der Waals surface area contributed by atoms with E-state index in [1.807, 2.05) is 48.5 Å². The van der Waals surface area contributed by atoms with E-state index in [9.17, 15) is 0 Å². The first-order chi connectivity index (χ1) is 9.24. The maximum absolute atomic E-state index is 6.06. The second-order valence-electron chi connectivity index (χ2n) is 4.36. The number of nitrogens with one attached hydrogen (secondary N) is 1. The second kappa shape index (κ2) is 5.19. The van der Waals surface area contributed by atoms with Crippen molar-refractivity contribution >= 4 is 28.8 Å². The summed E-state index contributed by atoms with van der Waals surface area (Å²) in [5.41, 5.74) is 2.02. The fourth-order valence-corrected chi connectivity index (χ4v) is 2.47. The first-order valence-corrected chi connectivity index (χ1v) is 6.82. The van der Waals surface area contributed by atoms with E-state index < -0.39 is 0 Å². The smallest absolute Gasteiger partial charge is 0.141 e. The standard InChI is InChI=1S/C15H12ClNOS/c16-11-7-5-10(6-8-11)14-9-17-15(19)12-3-1-2-4-13(12)18-14/h1-8,14H,9H2,(H,17,19). The van der Waals surface area contributed by atoms with Crippen LogP contribution in [0.3, 0.4) is 0 Å². The molecule has 0 fully saturated rings. The number of hydrogen-bond acceptors (Lipinski definition) is 2. The van der Waals surface area contributed by atoms with Gasteiger partial charge in [0.2, 0.25) is 0 Å². The van der Waals surface area contributed by atoms with E-state index in [1.54, 1.807) is 0 Å². The van der Waals surface area contributed by atoms with Gasteiger partial charge in [-0.1, -0.05) is 48.1 Å². The van der Waals surface area contributed by atoms with E-state index in [0.717, 1.165) is 26.9 Å². The van der Waals surface area contributed by atoms with E-state index in [1.165, 1.54) is 0 Å². The zero-order valence-electron chi connectivity index (χ0n) is 10.1. The van der Waals surface area contributed by atoms with Gasteiger partial charge in [-0.2, -0.15) is 0 Å². The predicted molar refractivity (Wildman–Crippen MR) is 81.0 cm³/mol. The molecule has 1 heterocycles. The van der Waals surface area contributed by atoms with Crippen molar-refractivity contribution in [2.24, 2.45) is 0 Å². The maximum Gasteiger partial charge on any atom is 0.141 e. The maximum atomic E-state index is 6.06. The summed E-state index contributed by atoms with van der Waals surface area (Å²) in [5, 5.41) is 3.96. The van der Waals surface area contributed by atoms with E-state index >= 15 is 0 Å². The molecule has 1 unspecified atom stereocenters. The minimum atomic E-state index is -0.0705. The molecule has 1 atom stereocenters. The molecule has 1 N–H and O–H groups in total. The molecular weight excluding hydrogens is 278 g/mol. The van der Waals surface area contributed by atoms with E-state index in [4.69, 9.17) is 28.6 Å². The van der Waals surface area contributed by atoms with Crippen LogP contribution < -0.4 is 10.1 Å². The highest BCUT2D eigenvalue weighted by Crippen LogP contribution is 2.28. The Hall–Kier alpha value is -1.58. The first-order valence-electron chi connectivity index (χ1n) is 6.03. The average Bonchev–Trinajstić information content (AvgIpc) is 2.60. The van der Waals surface area contributed by atoms with Gasteiger partial charge in [-0.05, 0) is 29.8 Å². The molecule has 2 aromatic rings. The molecule has 19 heavy (non-hydrogen) atoms. The lowest BCUT2D eigenvalue weighted by Crippen LogP contribution is -2.26. The van der Waals surface area contributed by atoms with Crippen molar-refractivity contribution in [2.45, 2.75) is 6.10 Å². The summed E-state index contributed by atoms with van der Waals surface area (Å²) in [6, 6.07) is 15.5. The Bertz CT molecular complexity index is 612. The summed E-state index contributed by atoms with van der Waals surface area (Å²) >= 11 is 11.3. The van der Waals surface area contributed by atoms with Gasteiger partial charge >= 0.3 is 0 Å². The Morgan fingerprint density at radius 2 is 1.84 bits per heavy atom. The van der Waals surface area contributed by atoms with Crippen LogP contribution in [0, 0.1) is 0 Å². The monoisotopic (exact) mass is 289 g/mol. The number of thiocarbonyl (C=S) groups is 1. The third-order valence-electron chi connectivity index (χ3n) is 3.09. The van der Waals surface area contributed by atoms with E-state index in [0.29, 0.717) is 6.54 Å². The zero-order chi connectivity index (χ0) is 13.2. The van der Waals surface area contributed by atoms with Crippen LogP contribution in [0.1, 0.15) is 17.2 Å². The van der Waals surface area contributed by atoms with Gasteiger partial charge in [-0.3, -0.25) is 0 Å². The molecule has 0 saturated heterocycles. The molecule has 2 nitrogen and oxygen atoms in total. The molecule has 3 rings (SSSR count). The molecule has 0 aromatic heterocycles. The summed E-state index contributed by atoms with van der Waals surface area (Å²) in [6.07, 6.45) is -0.0705. The van der Waals surface area contributed by atoms with Crippen molar-refractivity contribution in [3.63, 3.8) is 0 Å². The van der Waals surface area contributed by atoms with Crippen LogP contribution in [0.25, 0.3) is 0 Å².